The van der Waals surface area contributed by atoms with Gasteiger partial charge in [0, 0.05) is 19.3 Å². The van der Waals surface area contributed by atoms with E-state index in [4.69, 9.17) is 9.84 Å². The van der Waals surface area contributed by atoms with E-state index in [1.165, 1.54) is 6.08 Å². The van der Waals surface area contributed by atoms with Gasteiger partial charge in [-0.05, 0) is 31.8 Å². The zero-order chi connectivity index (χ0) is 13.8. The van der Waals surface area contributed by atoms with E-state index in [1.54, 1.807) is 0 Å². The van der Waals surface area contributed by atoms with Crippen LogP contribution in [0.2, 0.25) is 0 Å². The topological polar surface area (TPSA) is 80.7 Å². The zero-order valence-corrected chi connectivity index (χ0v) is 10.5. The third-order valence-electron chi connectivity index (χ3n) is 2.33. The summed E-state index contributed by atoms with van der Waals surface area (Å²) >= 11 is 0. The molecule has 0 fully saturated rings. The number of ether oxygens (including phenoxy) is 1. The summed E-state index contributed by atoms with van der Waals surface area (Å²) in [5.41, 5.74) is 0. The molecule has 0 unspecified atom stereocenters. The molecule has 0 heterocycles. The fourth-order valence-corrected chi connectivity index (χ4v) is 1.31. The molecule has 18 heavy (non-hydrogen) atoms. The highest BCUT2D eigenvalue weighted by Crippen LogP contribution is 2.03. The number of carbonyl (C=O) groups is 3. The van der Waals surface area contributed by atoms with Crippen LogP contribution in [0.4, 0.5) is 0 Å². The van der Waals surface area contributed by atoms with Gasteiger partial charge in [0.2, 0.25) is 0 Å². The lowest BCUT2D eigenvalue weighted by molar-refractivity contribution is -0.144. The van der Waals surface area contributed by atoms with Gasteiger partial charge in [0.25, 0.3) is 0 Å². The van der Waals surface area contributed by atoms with E-state index >= 15 is 0 Å². The van der Waals surface area contributed by atoms with Crippen molar-refractivity contribution in [2.45, 2.75) is 44.9 Å². The molecule has 0 bridgehead atoms. The summed E-state index contributed by atoms with van der Waals surface area (Å²) in [7, 11) is 0. The summed E-state index contributed by atoms with van der Waals surface area (Å²) in [6.07, 6.45) is 4.39. The second-order valence-electron chi connectivity index (χ2n) is 3.95. The van der Waals surface area contributed by atoms with Gasteiger partial charge in [0.1, 0.15) is 0 Å². The normalized spacial score (nSPS) is 9.78. The molecule has 0 atom stereocenters. The minimum absolute atomic E-state index is 0.00463. The minimum atomic E-state index is -0.852. The lowest BCUT2D eigenvalue weighted by Gasteiger charge is -2.03. The molecule has 0 aliphatic heterocycles. The van der Waals surface area contributed by atoms with Gasteiger partial charge in [-0.2, -0.15) is 0 Å². The number of aliphatic carboxylic acids is 1. The first-order valence-corrected chi connectivity index (χ1v) is 6.09. The highest BCUT2D eigenvalue weighted by atomic mass is 16.5. The van der Waals surface area contributed by atoms with Crippen molar-refractivity contribution in [3.63, 3.8) is 0 Å². The fraction of sp³-hybridized carbons (Fsp3) is 0.615. The van der Waals surface area contributed by atoms with Crippen molar-refractivity contribution >= 4 is 17.7 Å². The van der Waals surface area contributed by atoms with E-state index in [9.17, 15) is 14.4 Å². The van der Waals surface area contributed by atoms with Gasteiger partial charge in [-0.25, -0.2) is 0 Å². The average molecular weight is 256 g/mol. The Balaban J connectivity index is 3.34. The van der Waals surface area contributed by atoms with Crippen molar-refractivity contribution in [1.82, 2.24) is 0 Å². The van der Waals surface area contributed by atoms with Gasteiger partial charge in [0.05, 0.1) is 6.61 Å². The Morgan fingerprint density at radius 2 is 1.61 bits per heavy atom. The maximum atomic E-state index is 11.2. The van der Waals surface area contributed by atoms with Gasteiger partial charge in [0.15, 0.2) is 5.78 Å². The Kier molecular flexibility index (Phi) is 9.54. The first kappa shape index (κ1) is 16.4. The van der Waals surface area contributed by atoms with E-state index in [1.807, 2.05) is 0 Å². The molecule has 0 aromatic rings. The molecule has 0 aliphatic rings. The molecule has 5 heteroatoms. The Hall–Kier alpha value is -1.65. The quantitative estimate of drug-likeness (QED) is 0.348. The summed E-state index contributed by atoms with van der Waals surface area (Å²) in [6, 6.07) is 0. The van der Waals surface area contributed by atoms with Crippen LogP contribution in [0.3, 0.4) is 0 Å². The summed E-state index contributed by atoms with van der Waals surface area (Å²) < 4.78 is 4.94. The molecule has 0 aromatic carbocycles. The van der Waals surface area contributed by atoms with E-state index in [0.29, 0.717) is 38.7 Å². The summed E-state index contributed by atoms with van der Waals surface area (Å²) in [6.45, 7) is 3.67. The van der Waals surface area contributed by atoms with Crippen LogP contribution in [0.5, 0.6) is 0 Å². The third-order valence-corrected chi connectivity index (χ3v) is 2.33. The first-order chi connectivity index (χ1) is 8.56. The molecule has 0 saturated heterocycles. The summed E-state index contributed by atoms with van der Waals surface area (Å²) in [5.74, 6) is -1.17. The Labute approximate surface area is 107 Å². The molecule has 5 nitrogen and oxygen atoms in total. The maximum absolute atomic E-state index is 11.2. The monoisotopic (exact) mass is 256 g/mol. The van der Waals surface area contributed by atoms with E-state index in [0.717, 1.165) is 0 Å². The molecule has 0 saturated carbocycles. The average Bonchev–Trinajstić information content (AvgIpc) is 2.33. The smallest absolute Gasteiger partial charge is 0.305 e. The largest absolute Gasteiger partial charge is 0.481 e. The van der Waals surface area contributed by atoms with Crippen molar-refractivity contribution < 1.29 is 24.2 Å². The Morgan fingerprint density at radius 1 is 1.00 bits per heavy atom. The van der Waals surface area contributed by atoms with E-state index in [2.05, 4.69) is 6.58 Å². The van der Waals surface area contributed by atoms with Gasteiger partial charge in [-0.3, -0.25) is 14.4 Å². The molecule has 0 rings (SSSR count). The second kappa shape index (κ2) is 10.5. The number of esters is 1. The fourth-order valence-electron chi connectivity index (χ4n) is 1.31. The minimum Gasteiger partial charge on any atom is -0.481 e. The standard InChI is InChI=1S/C13H20O5/c1-2-11(14)7-5-6-10-18-13(17)9-4-3-8-12(15)16/h2H,1,3-10H2,(H,15,16). The van der Waals surface area contributed by atoms with Crippen molar-refractivity contribution in [2.24, 2.45) is 0 Å². The number of unbranched alkanes of at least 4 members (excludes halogenated alkanes) is 2. The van der Waals surface area contributed by atoms with Crippen LogP contribution < -0.4 is 0 Å². The predicted molar refractivity (Wildman–Crippen MR) is 66.1 cm³/mol. The van der Waals surface area contributed by atoms with Gasteiger partial charge >= 0.3 is 11.9 Å². The molecule has 102 valence electrons. The predicted octanol–water partition coefficient (Wildman–Crippen LogP) is 2.10. The molecular weight excluding hydrogens is 236 g/mol. The number of hydrogen-bond acceptors (Lipinski definition) is 4. The molecular formula is C13H20O5. The number of hydrogen-bond donors (Lipinski definition) is 1. The first-order valence-electron chi connectivity index (χ1n) is 6.09. The van der Waals surface area contributed by atoms with E-state index < -0.39 is 5.97 Å². The number of carbonyl (C=O) groups excluding carboxylic acids is 2. The highest BCUT2D eigenvalue weighted by Gasteiger charge is 2.04. The van der Waals surface area contributed by atoms with Crippen molar-refractivity contribution in [3.05, 3.63) is 12.7 Å². The molecule has 0 aromatic heterocycles. The zero-order valence-electron chi connectivity index (χ0n) is 10.5. The van der Waals surface area contributed by atoms with Gasteiger partial charge < -0.3 is 9.84 Å². The molecule has 0 aliphatic carbocycles. The molecule has 0 radical (unpaired) electrons. The van der Waals surface area contributed by atoms with Crippen molar-refractivity contribution in [2.75, 3.05) is 6.61 Å². The number of ketones is 1. The molecule has 1 N–H and O–H groups in total. The lowest BCUT2D eigenvalue weighted by Crippen LogP contribution is -2.06. The van der Waals surface area contributed by atoms with Crippen LogP contribution in [0.15, 0.2) is 12.7 Å². The maximum Gasteiger partial charge on any atom is 0.305 e. The number of carboxylic acids is 1. The van der Waals surface area contributed by atoms with Crippen LogP contribution in [0.25, 0.3) is 0 Å². The van der Waals surface area contributed by atoms with Gasteiger partial charge in [-0.1, -0.05) is 6.58 Å². The lowest BCUT2D eigenvalue weighted by atomic mass is 10.2. The van der Waals surface area contributed by atoms with Crippen molar-refractivity contribution in [3.8, 4) is 0 Å². The number of allylic oxidation sites excluding steroid dienone is 1. The van der Waals surface area contributed by atoms with Crippen molar-refractivity contribution in [1.29, 1.82) is 0 Å². The third kappa shape index (κ3) is 10.9. The van der Waals surface area contributed by atoms with Crippen LogP contribution in [-0.4, -0.2) is 29.4 Å². The van der Waals surface area contributed by atoms with Crippen LogP contribution >= 0.6 is 0 Å². The Morgan fingerprint density at radius 3 is 2.22 bits per heavy atom. The van der Waals surface area contributed by atoms with Crippen LogP contribution in [0, 0.1) is 0 Å². The highest BCUT2D eigenvalue weighted by molar-refractivity contribution is 5.88. The SMILES string of the molecule is C=CC(=O)CCCCOC(=O)CCCCC(=O)O. The van der Waals surface area contributed by atoms with E-state index in [-0.39, 0.29) is 24.6 Å². The molecule has 0 spiro atoms. The van der Waals surface area contributed by atoms with Crippen LogP contribution in [0.1, 0.15) is 44.9 Å². The van der Waals surface area contributed by atoms with Crippen LogP contribution in [-0.2, 0) is 19.1 Å². The van der Waals surface area contributed by atoms with Gasteiger partial charge in [-0.15, -0.1) is 0 Å². The summed E-state index contributed by atoms with van der Waals surface area (Å²) in [4.78, 5) is 32.3. The second-order valence-corrected chi connectivity index (χ2v) is 3.95. The summed E-state index contributed by atoms with van der Waals surface area (Å²) in [5, 5.41) is 8.39. The number of rotatable bonds is 11. The molecule has 0 amide bonds. The Bertz CT molecular complexity index is 296. The number of carboxylic acid groups (broad SMARTS) is 1.